The maximum absolute atomic E-state index is 12.2. The van der Waals surface area contributed by atoms with Crippen molar-refractivity contribution in [1.29, 1.82) is 0 Å². The Labute approximate surface area is 118 Å². The number of nitrogens with one attached hydrogen (secondary N) is 2. The zero-order valence-electron chi connectivity index (χ0n) is 11.4. The first-order chi connectivity index (χ1) is 9.74. The molecule has 20 heavy (non-hydrogen) atoms. The van der Waals surface area contributed by atoms with E-state index >= 15 is 0 Å². The summed E-state index contributed by atoms with van der Waals surface area (Å²) in [6, 6.07) is 11.2. The van der Waals surface area contributed by atoms with Gasteiger partial charge in [-0.15, -0.1) is 0 Å². The summed E-state index contributed by atoms with van der Waals surface area (Å²) < 4.78 is 0. The Morgan fingerprint density at radius 3 is 2.70 bits per heavy atom. The van der Waals surface area contributed by atoms with Crippen molar-refractivity contribution in [3.63, 3.8) is 0 Å². The molecule has 5 nitrogen and oxygen atoms in total. The third kappa shape index (κ3) is 3.33. The number of nitrogen functional groups attached to an aromatic ring is 1. The fourth-order valence-electron chi connectivity index (χ4n) is 1.94. The Kier molecular flexibility index (Phi) is 4.68. The molecule has 1 aromatic heterocycles. The fraction of sp³-hybridized carbons (Fsp3) is 0.200. The number of carbonyl (C=O) groups excluding carboxylic acids is 1. The third-order valence-corrected chi connectivity index (χ3v) is 2.96. The van der Waals surface area contributed by atoms with Crippen LogP contribution < -0.4 is 16.6 Å². The first-order valence-corrected chi connectivity index (χ1v) is 6.56. The van der Waals surface area contributed by atoms with Crippen molar-refractivity contribution in [1.82, 2.24) is 4.98 Å². The highest BCUT2D eigenvalue weighted by atomic mass is 16.1. The van der Waals surface area contributed by atoms with Gasteiger partial charge in [0, 0.05) is 11.9 Å². The number of pyridine rings is 1. The number of aromatic nitrogens is 1. The number of para-hydroxylation sites is 1. The van der Waals surface area contributed by atoms with E-state index < -0.39 is 0 Å². The van der Waals surface area contributed by atoms with E-state index in [-0.39, 0.29) is 5.91 Å². The number of nitrogens with two attached hydrogens (primary N) is 1. The molecule has 1 aromatic carbocycles. The molecule has 5 heteroatoms. The number of benzene rings is 1. The number of hydrogen-bond donors (Lipinski definition) is 3. The van der Waals surface area contributed by atoms with Crippen molar-refractivity contribution >= 4 is 17.4 Å². The van der Waals surface area contributed by atoms with Crippen molar-refractivity contribution in [2.24, 2.45) is 5.84 Å². The molecule has 0 bridgehead atoms. The van der Waals surface area contributed by atoms with Gasteiger partial charge in [-0.25, -0.2) is 10.8 Å². The van der Waals surface area contributed by atoms with E-state index in [0.717, 1.165) is 24.1 Å². The normalized spacial score (nSPS) is 10.1. The molecule has 0 atom stereocenters. The number of amides is 1. The van der Waals surface area contributed by atoms with Crippen LogP contribution in [0.1, 0.15) is 29.3 Å². The molecule has 0 aliphatic carbocycles. The number of rotatable bonds is 5. The lowest BCUT2D eigenvalue weighted by atomic mass is 10.1. The summed E-state index contributed by atoms with van der Waals surface area (Å²) >= 11 is 0. The number of carbonyl (C=O) groups is 1. The minimum atomic E-state index is -0.176. The highest BCUT2D eigenvalue weighted by Crippen LogP contribution is 2.18. The maximum Gasteiger partial charge on any atom is 0.257 e. The van der Waals surface area contributed by atoms with Gasteiger partial charge in [0.2, 0.25) is 0 Å². The molecule has 0 aliphatic rings. The lowest BCUT2D eigenvalue weighted by molar-refractivity contribution is 0.102. The van der Waals surface area contributed by atoms with E-state index in [1.165, 1.54) is 6.20 Å². The van der Waals surface area contributed by atoms with Gasteiger partial charge in [-0.05, 0) is 30.2 Å². The molecule has 2 rings (SSSR count). The van der Waals surface area contributed by atoms with Crippen LogP contribution in [0.3, 0.4) is 0 Å². The molecule has 0 fully saturated rings. The highest BCUT2D eigenvalue weighted by molar-refractivity contribution is 6.04. The van der Waals surface area contributed by atoms with Crippen LogP contribution in [0, 0.1) is 0 Å². The van der Waals surface area contributed by atoms with Crippen molar-refractivity contribution in [3.8, 4) is 0 Å². The first-order valence-electron chi connectivity index (χ1n) is 6.56. The lowest BCUT2D eigenvalue weighted by Gasteiger charge is -2.10. The van der Waals surface area contributed by atoms with Gasteiger partial charge in [-0.3, -0.25) is 4.79 Å². The zero-order chi connectivity index (χ0) is 14.4. The second-order valence-electron chi connectivity index (χ2n) is 4.44. The predicted octanol–water partition coefficient (Wildman–Crippen LogP) is 2.57. The monoisotopic (exact) mass is 270 g/mol. The lowest BCUT2D eigenvalue weighted by Crippen LogP contribution is -2.14. The SMILES string of the molecule is CCCc1ccccc1NC(=O)c1ccc(NN)nc1. The van der Waals surface area contributed by atoms with E-state index in [2.05, 4.69) is 22.7 Å². The van der Waals surface area contributed by atoms with Crippen LogP contribution in [0.2, 0.25) is 0 Å². The zero-order valence-corrected chi connectivity index (χ0v) is 11.4. The van der Waals surface area contributed by atoms with Gasteiger partial charge in [0.15, 0.2) is 0 Å². The minimum absolute atomic E-state index is 0.176. The van der Waals surface area contributed by atoms with Gasteiger partial charge < -0.3 is 10.7 Å². The summed E-state index contributed by atoms with van der Waals surface area (Å²) in [6.45, 7) is 2.11. The van der Waals surface area contributed by atoms with Crippen molar-refractivity contribution in [2.45, 2.75) is 19.8 Å². The fourth-order valence-corrected chi connectivity index (χ4v) is 1.94. The summed E-state index contributed by atoms with van der Waals surface area (Å²) in [7, 11) is 0. The minimum Gasteiger partial charge on any atom is -0.322 e. The number of nitrogens with zero attached hydrogens (tertiary/aromatic N) is 1. The van der Waals surface area contributed by atoms with Crippen molar-refractivity contribution in [3.05, 3.63) is 53.7 Å². The molecular weight excluding hydrogens is 252 g/mol. The summed E-state index contributed by atoms with van der Waals surface area (Å²) in [6.07, 6.45) is 3.46. The van der Waals surface area contributed by atoms with Crippen LogP contribution in [-0.4, -0.2) is 10.9 Å². The third-order valence-electron chi connectivity index (χ3n) is 2.96. The molecule has 0 radical (unpaired) electrons. The molecule has 0 aliphatic heterocycles. The number of anilines is 2. The van der Waals surface area contributed by atoms with Gasteiger partial charge in [0.1, 0.15) is 5.82 Å². The van der Waals surface area contributed by atoms with E-state index in [4.69, 9.17) is 5.84 Å². The summed E-state index contributed by atoms with van der Waals surface area (Å²) in [5.74, 6) is 5.58. The smallest absolute Gasteiger partial charge is 0.257 e. The standard InChI is InChI=1S/C15H18N4O/c1-2-5-11-6-3-4-7-13(11)18-15(20)12-8-9-14(19-16)17-10-12/h3-4,6-10H,2,5,16H2,1H3,(H,17,19)(H,18,20). The molecule has 4 N–H and O–H groups in total. The quantitative estimate of drug-likeness (QED) is 0.576. The van der Waals surface area contributed by atoms with Gasteiger partial charge in [0.05, 0.1) is 5.56 Å². The Bertz CT molecular complexity index is 581. The van der Waals surface area contributed by atoms with Gasteiger partial charge in [-0.2, -0.15) is 0 Å². The largest absolute Gasteiger partial charge is 0.322 e. The number of aryl methyl sites for hydroxylation is 1. The topological polar surface area (TPSA) is 80.0 Å². The molecule has 1 heterocycles. The molecular formula is C15H18N4O. The van der Waals surface area contributed by atoms with Gasteiger partial charge in [0.25, 0.3) is 5.91 Å². The molecule has 104 valence electrons. The van der Waals surface area contributed by atoms with Crippen LogP contribution in [0.15, 0.2) is 42.6 Å². The summed E-state index contributed by atoms with van der Waals surface area (Å²) in [5.41, 5.74) is 4.90. The Balaban J connectivity index is 2.14. The highest BCUT2D eigenvalue weighted by Gasteiger charge is 2.09. The molecule has 0 saturated carbocycles. The summed E-state index contributed by atoms with van der Waals surface area (Å²) in [4.78, 5) is 16.2. The number of hydrazine groups is 1. The maximum atomic E-state index is 12.2. The number of hydrogen-bond acceptors (Lipinski definition) is 4. The van der Waals surface area contributed by atoms with Crippen LogP contribution in [0.4, 0.5) is 11.5 Å². The average molecular weight is 270 g/mol. The van der Waals surface area contributed by atoms with E-state index in [9.17, 15) is 4.79 Å². The van der Waals surface area contributed by atoms with Crippen LogP contribution >= 0.6 is 0 Å². The van der Waals surface area contributed by atoms with E-state index in [0.29, 0.717) is 11.4 Å². The molecule has 0 spiro atoms. The van der Waals surface area contributed by atoms with Crippen LogP contribution in [0.25, 0.3) is 0 Å². The second kappa shape index (κ2) is 6.68. The predicted molar refractivity (Wildman–Crippen MR) is 80.4 cm³/mol. The van der Waals surface area contributed by atoms with Crippen molar-refractivity contribution < 1.29 is 4.79 Å². The van der Waals surface area contributed by atoms with E-state index in [1.807, 2.05) is 24.3 Å². The first kappa shape index (κ1) is 14.0. The molecule has 1 amide bonds. The second-order valence-corrected chi connectivity index (χ2v) is 4.44. The molecule has 0 saturated heterocycles. The van der Waals surface area contributed by atoms with Crippen LogP contribution in [0.5, 0.6) is 0 Å². The Morgan fingerprint density at radius 1 is 1.25 bits per heavy atom. The van der Waals surface area contributed by atoms with E-state index in [1.54, 1.807) is 12.1 Å². The van der Waals surface area contributed by atoms with Crippen LogP contribution in [-0.2, 0) is 6.42 Å². The van der Waals surface area contributed by atoms with Gasteiger partial charge in [-0.1, -0.05) is 31.5 Å². The molecule has 2 aromatic rings. The summed E-state index contributed by atoms with van der Waals surface area (Å²) in [5, 5.41) is 2.92. The van der Waals surface area contributed by atoms with Crippen molar-refractivity contribution in [2.75, 3.05) is 10.7 Å². The average Bonchev–Trinajstić information content (AvgIpc) is 2.49. The molecule has 0 unspecified atom stereocenters. The van der Waals surface area contributed by atoms with Gasteiger partial charge >= 0.3 is 0 Å². The Hall–Kier alpha value is -2.40. The Morgan fingerprint density at radius 2 is 2.05 bits per heavy atom.